The van der Waals surface area contributed by atoms with Crippen molar-refractivity contribution in [3.05, 3.63) is 106 Å². The van der Waals surface area contributed by atoms with Crippen LogP contribution in [0.3, 0.4) is 0 Å². The minimum absolute atomic E-state index is 0. The van der Waals surface area contributed by atoms with Crippen LogP contribution in [0.4, 0.5) is 0 Å². The second-order valence-electron chi connectivity index (χ2n) is 11.8. The Balaban J connectivity index is 0.00000102. The Kier molecular flexibility index (Phi) is 17.8. The van der Waals surface area contributed by atoms with E-state index >= 15 is 0 Å². The van der Waals surface area contributed by atoms with Crippen molar-refractivity contribution in [3.8, 4) is 0 Å². The fourth-order valence-corrected chi connectivity index (χ4v) is 5.72. The highest BCUT2D eigenvalue weighted by molar-refractivity contribution is 6.52. The maximum Gasteiger partial charge on any atom is 0.285 e. The topological polar surface area (TPSA) is 199 Å². The van der Waals surface area contributed by atoms with Gasteiger partial charge in [-0.2, -0.15) is 0 Å². The fourth-order valence-electron chi connectivity index (χ4n) is 5.72. The summed E-state index contributed by atoms with van der Waals surface area (Å²) in [5.74, 6) is -6.11. The lowest BCUT2D eigenvalue weighted by molar-refractivity contribution is -0.199. The molecule has 0 bridgehead atoms. The summed E-state index contributed by atoms with van der Waals surface area (Å²) in [4.78, 5) is 110. The number of β-lactam (4-membered cyclic amide) rings is 4. The maximum absolute atomic E-state index is 12.6. The van der Waals surface area contributed by atoms with Gasteiger partial charge in [-0.1, -0.05) is 73.6 Å². The molecule has 0 aliphatic carbocycles. The Morgan fingerprint density at radius 1 is 0.561 bits per heavy atom. The molecule has 306 valence electrons. The lowest BCUT2D eigenvalue weighted by Crippen LogP contribution is -2.84. The lowest BCUT2D eigenvalue weighted by atomic mass is 9.69. The molecule has 3 aliphatic rings. The van der Waals surface area contributed by atoms with E-state index in [1.807, 2.05) is 74.5 Å². The van der Waals surface area contributed by atoms with E-state index < -0.39 is 53.4 Å². The average molecular weight is 787 g/mol. The van der Waals surface area contributed by atoms with Gasteiger partial charge in [0.25, 0.3) is 58.6 Å². The highest BCUT2D eigenvalue weighted by atomic mass is 16.2. The predicted molar refractivity (Wildman–Crippen MR) is 219 cm³/mol. The summed E-state index contributed by atoms with van der Waals surface area (Å²) in [5.41, 5.74) is 1.10. The number of likely N-dealkylation sites (tertiary alicyclic amines) is 2. The predicted octanol–water partition coefficient (Wildman–Crippen LogP) is 4.49. The van der Waals surface area contributed by atoms with Gasteiger partial charge in [-0.25, -0.2) is 0 Å². The zero-order valence-corrected chi connectivity index (χ0v) is 28.6. The van der Waals surface area contributed by atoms with Crippen molar-refractivity contribution in [1.82, 2.24) is 30.7 Å². The lowest BCUT2D eigenvalue weighted by Gasteiger charge is -2.51. The first kappa shape index (κ1) is 50.2. The second kappa shape index (κ2) is 20.2. The van der Waals surface area contributed by atoms with Crippen molar-refractivity contribution in [1.29, 1.82) is 0 Å². The number of carbonyl (C=O) groups is 9. The van der Waals surface area contributed by atoms with Crippen molar-refractivity contribution in [2.75, 3.05) is 33.9 Å². The molecule has 2 saturated heterocycles. The Morgan fingerprint density at radius 3 is 1.37 bits per heavy atom. The molecule has 3 N–H and O–H groups in total. The van der Waals surface area contributed by atoms with E-state index in [1.165, 1.54) is 25.2 Å². The van der Waals surface area contributed by atoms with Crippen LogP contribution in [-0.2, 0) is 19.2 Å². The first-order valence-corrected chi connectivity index (χ1v) is 16.2. The Bertz CT molecular complexity index is 1980. The third-order valence-electron chi connectivity index (χ3n) is 8.61. The molecule has 9 amide bonds. The van der Waals surface area contributed by atoms with Crippen LogP contribution in [0.15, 0.2) is 66.7 Å². The van der Waals surface area contributed by atoms with Gasteiger partial charge in [0.15, 0.2) is 0 Å². The molecule has 15 nitrogen and oxygen atoms in total. The Hall–Kier alpha value is -6.77. The number of fused-ring (bicyclic) bond motifs is 1. The SMILES string of the molecule is C.C.C.C.C.CCNC(=O)c1ccc(/C=C/c2ccc(C(=O)NCC)cc2)cc1.CNC(=O)c1ccc2c(c1)C(=O)N(CN1C(=O)C3(C(=O)N(C)C3=O)C1=O)C2=O. The molecule has 0 aromatic heterocycles. The zero-order valence-electron chi connectivity index (χ0n) is 28.6. The third-order valence-corrected chi connectivity index (χ3v) is 8.61. The molecular weight excluding hydrogens is 732 g/mol. The summed E-state index contributed by atoms with van der Waals surface area (Å²) < 4.78 is 0. The molecule has 0 unspecified atom stereocenters. The molecule has 3 aliphatic heterocycles. The number of carbonyl (C=O) groups excluding carboxylic acids is 9. The number of imide groups is 3. The standard InChI is InChI=1S/C20H22N2O2.C17H12N4O7.5CH4/c1-3-21-19(23)17-11-7-15(8-12-17)5-6-16-9-13-18(14-10-16)20(24)22-4-2;1-18-10(22)7-3-4-8-9(5-7)12(24)20(11(8)23)6-21-15(27)17(16(21)28)13(25)19(2)14(17)26;;;;;/h5-14H,3-4H2,1-2H3,(H,21,23)(H,22,24);3-5H,6H2,1-2H3,(H,18,22);5*1H4/b6-5+;;;;;;. The van der Waals surface area contributed by atoms with E-state index in [2.05, 4.69) is 16.0 Å². The molecule has 0 radical (unpaired) electrons. The van der Waals surface area contributed by atoms with Gasteiger partial charge in [0, 0.05) is 43.9 Å². The summed E-state index contributed by atoms with van der Waals surface area (Å²) in [5, 5.41) is 7.94. The van der Waals surface area contributed by atoms with Crippen LogP contribution in [0.2, 0.25) is 0 Å². The molecule has 0 atom stereocenters. The molecule has 2 fully saturated rings. The zero-order chi connectivity index (χ0) is 37.9. The van der Waals surface area contributed by atoms with E-state index in [4.69, 9.17) is 0 Å². The highest BCUT2D eigenvalue weighted by Crippen LogP contribution is 2.44. The minimum atomic E-state index is -2.36. The van der Waals surface area contributed by atoms with Crippen LogP contribution in [0.1, 0.15) is 114 Å². The van der Waals surface area contributed by atoms with Gasteiger partial charge in [0.2, 0.25) is 0 Å². The van der Waals surface area contributed by atoms with Crippen LogP contribution in [0.25, 0.3) is 12.2 Å². The number of rotatable bonds is 9. The van der Waals surface area contributed by atoms with Crippen molar-refractivity contribution >= 4 is 65.3 Å². The van der Waals surface area contributed by atoms with E-state index in [1.54, 1.807) is 0 Å². The quantitative estimate of drug-likeness (QED) is 0.121. The molecule has 15 heteroatoms. The smallest absolute Gasteiger partial charge is 0.285 e. The van der Waals surface area contributed by atoms with Crippen molar-refractivity contribution in [3.63, 3.8) is 0 Å². The van der Waals surface area contributed by atoms with E-state index in [0.717, 1.165) is 18.2 Å². The van der Waals surface area contributed by atoms with Crippen LogP contribution in [0.5, 0.6) is 0 Å². The van der Waals surface area contributed by atoms with Gasteiger partial charge in [-0.05, 0) is 67.4 Å². The van der Waals surface area contributed by atoms with Gasteiger partial charge in [-0.3, -0.25) is 57.9 Å². The highest BCUT2D eigenvalue weighted by Gasteiger charge is 2.79. The summed E-state index contributed by atoms with van der Waals surface area (Å²) >= 11 is 0. The summed E-state index contributed by atoms with van der Waals surface area (Å²) in [6.45, 7) is 4.31. The summed E-state index contributed by atoms with van der Waals surface area (Å²) in [6, 6.07) is 18.8. The van der Waals surface area contributed by atoms with Crippen molar-refractivity contribution in [2.24, 2.45) is 5.41 Å². The summed E-state index contributed by atoms with van der Waals surface area (Å²) in [6.07, 6.45) is 3.95. The first-order chi connectivity index (χ1) is 24.8. The molecule has 0 saturated carbocycles. The molecule has 6 rings (SSSR count). The van der Waals surface area contributed by atoms with Crippen LogP contribution in [0, 0.1) is 5.41 Å². The number of amides is 9. The van der Waals surface area contributed by atoms with Crippen molar-refractivity contribution in [2.45, 2.75) is 51.0 Å². The van der Waals surface area contributed by atoms with Gasteiger partial charge in [0.1, 0.15) is 6.67 Å². The maximum atomic E-state index is 12.6. The second-order valence-corrected chi connectivity index (χ2v) is 11.8. The van der Waals surface area contributed by atoms with E-state index in [0.29, 0.717) is 38.9 Å². The third kappa shape index (κ3) is 8.88. The van der Waals surface area contributed by atoms with Crippen LogP contribution < -0.4 is 16.0 Å². The van der Waals surface area contributed by atoms with Crippen LogP contribution >= 0.6 is 0 Å². The molecule has 3 aromatic carbocycles. The van der Waals surface area contributed by atoms with Gasteiger partial charge >= 0.3 is 0 Å². The minimum Gasteiger partial charge on any atom is -0.355 e. The number of nitrogens with one attached hydrogen (secondary N) is 3. The molecule has 1 spiro atoms. The van der Waals surface area contributed by atoms with Gasteiger partial charge in [0.05, 0.1) is 11.1 Å². The van der Waals surface area contributed by atoms with E-state index in [9.17, 15) is 43.2 Å². The summed E-state index contributed by atoms with van der Waals surface area (Å²) in [7, 11) is 2.56. The fraction of sp³-hybridized carbons (Fsp3) is 0.310. The Labute approximate surface area is 334 Å². The van der Waals surface area contributed by atoms with E-state index in [-0.39, 0.29) is 65.6 Å². The largest absolute Gasteiger partial charge is 0.355 e. The normalized spacial score (nSPS) is 14.2. The Morgan fingerprint density at radius 2 is 0.965 bits per heavy atom. The molecule has 57 heavy (non-hydrogen) atoms. The number of hydrogen-bond acceptors (Lipinski definition) is 9. The number of benzene rings is 3. The molecular formula is C42H54N6O9. The van der Waals surface area contributed by atoms with Gasteiger partial charge < -0.3 is 16.0 Å². The molecule has 3 aromatic rings. The van der Waals surface area contributed by atoms with Crippen LogP contribution in [-0.4, -0.2) is 102 Å². The molecule has 3 heterocycles. The first-order valence-electron chi connectivity index (χ1n) is 16.2. The van der Waals surface area contributed by atoms with Gasteiger partial charge in [-0.15, -0.1) is 0 Å². The van der Waals surface area contributed by atoms with Crippen molar-refractivity contribution < 1.29 is 43.2 Å². The monoisotopic (exact) mass is 786 g/mol. The average Bonchev–Trinajstić information content (AvgIpc) is 3.40. The number of hydrogen-bond donors (Lipinski definition) is 3. The number of nitrogens with zero attached hydrogens (tertiary/aromatic N) is 3.